The average Bonchev–Trinajstić information content (AvgIpc) is 3.34. The minimum absolute atomic E-state index is 0.285. The van der Waals surface area contributed by atoms with Crippen LogP contribution < -0.4 is 4.90 Å². The van der Waals surface area contributed by atoms with Crippen LogP contribution in [-0.4, -0.2) is 76.1 Å². The summed E-state index contributed by atoms with van der Waals surface area (Å²) >= 11 is 1.63. The molecule has 2 aliphatic heterocycles. The summed E-state index contributed by atoms with van der Waals surface area (Å²) in [6.45, 7) is 10.4. The van der Waals surface area contributed by atoms with Gasteiger partial charge in [0.2, 0.25) is 16.0 Å². The number of carbonyl (C=O) groups is 1. The largest absolute Gasteiger partial charge is 0.344 e. The molecule has 2 aromatic heterocycles. The number of amides is 1. The Bertz CT molecular complexity index is 997. The monoisotopic (exact) mass is 438 g/mol. The molecular formula is C23H30N6OS. The third-order valence-corrected chi connectivity index (χ3v) is 7.31. The molecule has 1 aromatic carbocycles. The number of rotatable bonds is 4. The van der Waals surface area contributed by atoms with Crippen LogP contribution in [0.3, 0.4) is 0 Å². The maximum absolute atomic E-state index is 12.8. The van der Waals surface area contributed by atoms with Crippen molar-refractivity contribution < 1.29 is 4.79 Å². The number of nitrogens with zero attached hydrogens (tertiary/aromatic N) is 6. The lowest BCUT2D eigenvalue weighted by molar-refractivity contribution is -0.135. The Morgan fingerprint density at radius 1 is 1.06 bits per heavy atom. The van der Waals surface area contributed by atoms with Crippen LogP contribution in [0.5, 0.6) is 0 Å². The topological polar surface area (TPSA) is 57.0 Å². The van der Waals surface area contributed by atoms with Gasteiger partial charge in [0, 0.05) is 44.8 Å². The number of imidazole rings is 1. The van der Waals surface area contributed by atoms with E-state index in [1.165, 1.54) is 6.42 Å². The van der Waals surface area contributed by atoms with Gasteiger partial charge >= 0.3 is 0 Å². The van der Waals surface area contributed by atoms with E-state index in [9.17, 15) is 4.79 Å². The van der Waals surface area contributed by atoms with Crippen molar-refractivity contribution >= 4 is 27.3 Å². The van der Waals surface area contributed by atoms with E-state index in [1.54, 1.807) is 11.3 Å². The molecule has 0 aliphatic carbocycles. The fourth-order valence-electron chi connectivity index (χ4n) is 4.82. The summed E-state index contributed by atoms with van der Waals surface area (Å²) in [5, 5.41) is 5.77. The molecule has 2 atom stereocenters. The number of hydrogen-bond acceptors (Lipinski definition) is 6. The van der Waals surface area contributed by atoms with Crippen molar-refractivity contribution in [3.63, 3.8) is 0 Å². The molecule has 0 N–H and O–H groups in total. The normalized spacial score (nSPS) is 22.9. The number of fused-ring (bicyclic) bond motifs is 1. The van der Waals surface area contributed by atoms with Gasteiger partial charge in [0.15, 0.2) is 0 Å². The maximum Gasteiger partial charge on any atom is 0.236 e. The maximum atomic E-state index is 12.8. The van der Waals surface area contributed by atoms with Crippen molar-refractivity contribution in [2.24, 2.45) is 11.8 Å². The third-order valence-electron chi connectivity index (χ3n) is 6.33. The number of likely N-dealkylation sites (tertiary alicyclic amines) is 1. The van der Waals surface area contributed by atoms with Gasteiger partial charge in [-0.2, -0.15) is 0 Å². The van der Waals surface area contributed by atoms with Crippen LogP contribution in [0, 0.1) is 11.8 Å². The molecule has 0 radical (unpaired) electrons. The molecule has 4 heterocycles. The molecule has 164 valence electrons. The highest BCUT2D eigenvalue weighted by Crippen LogP contribution is 2.27. The van der Waals surface area contributed by atoms with Gasteiger partial charge in [0.1, 0.15) is 0 Å². The summed E-state index contributed by atoms with van der Waals surface area (Å²) < 4.78 is 1.89. The van der Waals surface area contributed by atoms with Crippen LogP contribution in [0.1, 0.15) is 20.3 Å². The van der Waals surface area contributed by atoms with E-state index >= 15 is 0 Å². The molecule has 0 saturated carbocycles. The quantitative estimate of drug-likeness (QED) is 0.627. The smallest absolute Gasteiger partial charge is 0.236 e. The zero-order chi connectivity index (χ0) is 21.4. The number of piperidine rings is 1. The van der Waals surface area contributed by atoms with Crippen molar-refractivity contribution in [3.05, 3.63) is 36.5 Å². The Labute approximate surface area is 187 Å². The van der Waals surface area contributed by atoms with Gasteiger partial charge in [0.25, 0.3) is 0 Å². The van der Waals surface area contributed by atoms with Crippen molar-refractivity contribution in [3.8, 4) is 11.3 Å². The summed E-state index contributed by atoms with van der Waals surface area (Å²) in [6.07, 6.45) is 3.23. The van der Waals surface area contributed by atoms with Crippen molar-refractivity contribution in [1.29, 1.82) is 0 Å². The molecule has 1 amide bonds. The van der Waals surface area contributed by atoms with Gasteiger partial charge in [-0.25, -0.2) is 9.50 Å². The Kier molecular flexibility index (Phi) is 5.67. The summed E-state index contributed by atoms with van der Waals surface area (Å²) in [5.74, 6) is 1.50. The molecule has 8 heteroatoms. The summed E-state index contributed by atoms with van der Waals surface area (Å²) in [5.41, 5.74) is 2.06. The van der Waals surface area contributed by atoms with Crippen LogP contribution in [-0.2, 0) is 4.79 Å². The van der Waals surface area contributed by atoms with Crippen molar-refractivity contribution in [2.75, 3.05) is 50.7 Å². The lowest BCUT2D eigenvalue weighted by atomic mass is 9.92. The molecule has 0 bridgehead atoms. The second kappa shape index (κ2) is 8.59. The van der Waals surface area contributed by atoms with E-state index in [0.29, 0.717) is 18.4 Å². The zero-order valence-electron chi connectivity index (χ0n) is 18.3. The first kappa shape index (κ1) is 20.5. The third kappa shape index (κ3) is 4.45. The van der Waals surface area contributed by atoms with Gasteiger partial charge in [-0.3, -0.25) is 9.69 Å². The van der Waals surface area contributed by atoms with Gasteiger partial charge in [-0.1, -0.05) is 55.5 Å². The Hall–Kier alpha value is -2.45. The van der Waals surface area contributed by atoms with E-state index in [4.69, 9.17) is 10.1 Å². The van der Waals surface area contributed by atoms with Crippen LogP contribution in [0.2, 0.25) is 0 Å². The highest BCUT2D eigenvalue weighted by molar-refractivity contribution is 7.20. The number of hydrogen-bond donors (Lipinski definition) is 0. The lowest BCUT2D eigenvalue weighted by Crippen LogP contribution is -2.52. The second-order valence-electron chi connectivity index (χ2n) is 9.11. The molecule has 7 nitrogen and oxygen atoms in total. The summed E-state index contributed by atoms with van der Waals surface area (Å²) in [6, 6.07) is 10.2. The summed E-state index contributed by atoms with van der Waals surface area (Å²) in [4.78, 5) is 25.1. The molecular weight excluding hydrogens is 408 g/mol. The fraction of sp³-hybridized carbons (Fsp3) is 0.522. The highest BCUT2D eigenvalue weighted by Gasteiger charge is 2.28. The molecule has 31 heavy (non-hydrogen) atoms. The molecule has 2 fully saturated rings. The molecule has 3 aromatic rings. The molecule has 2 saturated heterocycles. The lowest BCUT2D eigenvalue weighted by Gasteiger charge is -2.38. The zero-order valence-corrected chi connectivity index (χ0v) is 19.1. The Balaban J connectivity index is 1.17. The molecule has 2 unspecified atom stereocenters. The number of carbonyl (C=O) groups excluding carboxylic acids is 1. The standard InChI is InChI=1S/C23H30N6OS/c1-17-12-18(2)14-28(13-17)21(30)16-26-8-10-27(11-9-26)23-25-29-15-20(24-22(29)31-23)19-6-4-3-5-7-19/h3-7,15,17-18H,8-14,16H2,1-2H3. The van der Waals surface area contributed by atoms with E-state index in [0.717, 1.165) is 60.6 Å². The minimum Gasteiger partial charge on any atom is -0.344 e. The number of piperazine rings is 1. The van der Waals surface area contributed by atoms with Gasteiger partial charge < -0.3 is 9.80 Å². The van der Waals surface area contributed by atoms with Crippen LogP contribution >= 0.6 is 11.3 Å². The van der Waals surface area contributed by atoms with E-state index < -0.39 is 0 Å². The number of aromatic nitrogens is 3. The molecule has 2 aliphatic rings. The Morgan fingerprint density at radius 2 is 1.77 bits per heavy atom. The SMILES string of the molecule is CC1CC(C)CN(C(=O)CN2CCN(c3nn4cc(-c5ccccc5)nc4s3)CC2)C1. The number of anilines is 1. The van der Waals surface area contributed by atoms with Gasteiger partial charge in [-0.15, -0.1) is 5.10 Å². The van der Waals surface area contributed by atoms with E-state index in [1.807, 2.05) is 28.9 Å². The number of benzene rings is 1. The first-order valence-corrected chi connectivity index (χ1v) is 12.0. The molecule has 5 rings (SSSR count). The fourth-order valence-corrected chi connectivity index (χ4v) is 5.76. The van der Waals surface area contributed by atoms with E-state index in [2.05, 4.69) is 40.7 Å². The predicted octanol–water partition coefficient (Wildman–Crippen LogP) is 3.08. The first-order chi connectivity index (χ1) is 15.0. The van der Waals surface area contributed by atoms with Gasteiger partial charge in [-0.05, 0) is 18.3 Å². The average molecular weight is 439 g/mol. The second-order valence-corrected chi connectivity index (χ2v) is 10.0. The molecule has 0 spiro atoms. The minimum atomic E-state index is 0.285. The first-order valence-electron chi connectivity index (χ1n) is 11.2. The van der Waals surface area contributed by atoms with Gasteiger partial charge in [0.05, 0.1) is 18.4 Å². The Morgan fingerprint density at radius 3 is 2.45 bits per heavy atom. The van der Waals surface area contributed by atoms with Crippen LogP contribution in [0.4, 0.5) is 5.13 Å². The predicted molar refractivity (Wildman–Crippen MR) is 124 cm³/mol. The van der Waals surface area contributed by atoms with Crippen molar-refractivity contribution in [2.45, 2.75) is 20.3 Å². The van der Waals surface area contributed by atoms with Crippen LogP contribution in [0.15, 0.2) is 36.5 Å². The van der Waals surface area contributed by atoms with Crippen LogP contribution in [0.25, 0.3) is 16.2 Å². The van der Waals surface area contributed by atoms with Crippen molar-refractivity contribution in [1.82, 2.24) is 24.4 Å². The highest BCUT2D eigenvalue weighted by atomic mass is 32.1. The van der Waals surface area contributed by atoms with E-state index in [-0.39, 0.29) is 5.91 Å². The summed E-state index contributed by atoms with van der Waals surface area (Å²) in [7, 11) is 0.